The Morgan fingerprint density at radius 3 is 2.76 bits per heavy atom. The molecule has 3 N–H and O–H groups in total. The number of nitrogens with two attached hydrogens (primary N) is 1. The summed E-state index contributed by atoms with van der Waals surface area (Å²) in [4.78, 5) is 22.7. The molecule has 1 amide bonds. The van der Waals surface area contributed by atoms with Gasteiger partial charge in [0, 0.05) is 36.3 Å². The van der Waals surface area contributed by atoms with Crippen molar-refractivity contribution >= 4 is 17.7 Å². The molecule has 2 heterocycles. The van der Waals surface area contributed by atoms with Crippen molar-refractivity contribution in [2.75, 3.05) is 24.1 Å². The largest absolute Gasteiger partial charge is 0.368 e. The van der Waals surface area contributed by atoms with Gasteiger partial charge in [-0.25, -0.2) is 4.98 Å². The van der Waals surface area contributed by atoms with Crippen molar-refractivity contribution in [2.24, 2.45) is 5.92 Å². The Morgan fingerprint density at radius 1 is 1.29 bits per heavy atom. The number of carbonyl (C=O) groups excluding carboxylic acids is 1. The zero-order valence-corrected chi connectivity index (χ0v) is 12.7. The second kappa shape index (κ2) is 5.50. The van der Waals surface area contributed by atoms with Crippen LogP contribution in [0.5, 0.6) is 0 Å². The van der Waals surface area contributed by atoms with Crippen LogP contribution >= 0.6 is 0 Å². The minimum atomic E-state index is 0.244. The molecule has 1 saturated heterocycles. The number of rotatable bonds is 3. The van der Waals surface area contributed by atoms with Gasteiger partial charge in [-0.05, 0) is 39.5 Å². The summed E-state index contributed by atoms with van der Waals surface area (Å²) in [5.74, 6) is 1.71. The molecular formula is C15H23N5O. The maximum absolute atomic E-state index is 12.2. The molecule has 1 aromatic rings. The predicted molar refractivity (Wildman–Crippen MR) is 81.9 cm³/mol. The molecule has 1 saturated carbocycles. The van der Waals surface area contributed by atoms with Crippen molar-refractivity contribution < 1.29 is 4.79 Å². The van der Waals surface area contributed by atoms with Gasteiger partial charge in [-0.1, -0.05) is 0 Å². The number of amides is 1. The van der Waals surface area contributed by atoms with E-state index in [2.05, 4.69) is 15.3 Å². The Bertz CT molecular complexity index is 555. The lowest BCUT2D eigenvalue weighted by Gasteiger charge is -2.34. The van der Waals surface area contributed by atoms with E-state index in [0.717, 1.165) is 55.8 Å². The maximum atomic E-state index is 12.2. The van der Waals surface area contributed by atoms with E-state index >= 15 is 0 Å². The molecule has 0 spiro atoms. The van der Waals surface area contributed by atoms with Crippen LogP contribution in [0.4, 0.5) is 11.8 Å². The van der Waals surface area contributed by atoms with Crippen molar-refractivity contribution in [1.29, 1.82) is 0 Å². The van der Waals surface area contributed by atoms with Gasteiger partial charge in [-0.2, -0.15) is 4.98 Å². The predicted octanol–water partition coefficient (Wildman–Crippen LogP) is 1.49. The van der Waals surface area contributed by atoms with Gasteiger partial charge >= 0.3 is 0 Å². The van der Waals surface area contributed by atoms with Gasteiger partial charge in [0.25, 0.3) is 0 Å². The third kappa shape index (κ3) is 3.09. The number of carbonyl (C=O) groups is 1. The summed E-state index contributed by atoms with van der Waals surface area (Å²) in [5, 5.41) is 3.45. The fourth-order valence-corrected chi connectivity index (χ4v) is 2.87. The van der Waals surface area contributed by atoms with Crippen LogP contribution in [-0.2, 0) is 4.79 Å². The summed E-state index contributed by atoms with van der Waals surface area (Å²) >= 11 is 0. The number of likely N-dealkylation sites (tertiary alicyclic amines) is 1. The highest BCUT2D eigenvalue weighted by Crippen LogP contribution is 2.32. The van der Waals surface area contributed by atoms with Crippen molar-refractivity contribution in [2.45, 2.75) is 45.6 Å². The number of nitrogen functional groups attached to an aromatic ring is 1. The lowest BCUT2D eigenvalue weighted by atomic mass is 10.0. The zero-order valence-electron chi connectivity index (χ0n) is 12.7. The van der Waals surface area contributed by atoms with Gasteiger partial charge < -0.3 is 16.0 Å². The standard InChI is InChI=1S/C15H23N5O/c1-9-10(2)17-15(16)19-13(9)18-12-4-3-7-20(8-12)14(21)11-5-6-11/h11-12H,3-8H2,1-2H3,(H3,16,17,18,19)/t12-/m0/s1. The molecule has 2 fully saturated rings. The van der Waals surface area contributed by atoms with Gasteiger partial charge in [0.1, 0.15) is 5.82 Å². The molecule has 0 bridgehead atoms. The van der Waals surface area contributed by atoms with Crippen molar-refractivity contribution in [1.82, 2.24) is 14.9 Å². The van der Waals surface area contributed by atoms with E-state index in [1.54, 1.807) is 0 Å². The zero-order chi connectivity index (χ0) is 15.0. The van der Waals surface area contributed by atoms with E-state index < -0.39 is 0 Å². The first-order valence-electron chi connectivity index (χ1n) is 7.70. The number of aromatic nitrogens is 2. The molecule has 1 atom stereocenters. The fourth-order valence-electron chi connectivity index (χ4n) is 2.87. The highest BCUT2D eigenvalue weighted by atomic mass is 16.2. The molecule has 0 unspecified atom stereocenters. The van der Waals surface area contributed by atoms with E-state index in [1.165, 1.54) is 0 Å². The molecule has 21 heavy (non-hydrogen) atoms. The van der Waals surface area contributed by atoms with Crippen LogP contribution in [0.25, 0.3) is 0 Å². The second-order valence-electron chi connectivity index (χ2n) is 6.18. The van der Waals surface area contributed by atoms with Crippen molar-refractivity contribution in [3.63, 3.8) is 0 Å². The van der Waals surface area contributed by atoms with E-state index in [0.29, 0.717) is 17.8 Å². The van der Waals surface area contributed by atoms with Crippen LogP contribution in [0.3, 0.4) is 0 Å². The molecule has 6 nitrogen and oxygen atoms in total. The molecule has 3 rings (SSSR count). The molecule has 114 valence electrons. The van der Waals surface area contributed by atoms with E-state index in [4.69, 9.17) is 5.73 Å². The number of aryl methyl sites for hydroxylation is 1. The Kier molecular flexibility index (Phi) is 3.69. The van der Waals surface area contributed by atoms with Crippen LogP contribution in [0.2, 0.25) is 0 Å². The second-order valence-corrected chi connectivity index (χ2v) is 6.18. The smallest absolute Gasteiger partial charge is 0.225 e. The lowest BCUT2D eigenvalue weighted by molar-refractivity contribution is -0.133. The summed E-state index contributed by atoms with van der Waals surface area (Å²) in [7, 11) is 0. The molecule has 6 heteroatoms. The number of hydrogen-bond donors (Lipinski definition) is 2. The van der Waals surface area contributed by atoms with E-state index in [9.17, 15) is 4.79 Å². The Morgan fingerprint density at radius 2 is 2.05 bits per heavy atom. The lowest BCUT2D eigenvalue weighted by Crippen LogP contribution is -2.46. The molecule has 0 radical (unpaired) electrons. The van der Waals surface area contributed by atoms with Gasteiger partial charge in [-0.3, -0.25) is 4.79 Å². The third-order valence-electron chi connectivity index (χ3n) is 4.41. The van der Waals surface area contributed by atoms with Gasteiger partial charge in [-0.15, -0.1) is 0 Å². The molecule has 1 aromatic heterocycles. The highest BCUT2D eigenvalue weighted by molar-refractivity contribution is 5.81. The van der Waals surface area contributed by atoms with Crippen LogP contribution in [0.15, 0.2) is 0 Å². The minimum absolute atomic E-state index is 0.244. The summed E-state index contributed by atoms with van der Waals surface area (Å²) < 4.78 is 0. The monoisotopic (exact) mass is 289 g/mol. The normalized spacial score (nSPS) is 22.2. The van der Waals surface area contributed by atoms with E-state index in [-0.39, 0.29) is 6.04 Å². The number of anilines is 2. The van der Waals surface area contributed by atoms with E-state index in [1.807, 2.05) is 18.7 Å². The van der Waals surface area contributed by atoms with Crippen LogP contribution < -0.4 is 11.1 Å². The van der Waals surface area contributed by atoms with Crippen molar-refractivity contribution in [3.05, 3.63) is 11.3 Å². The fraction of sp³-hybridized carbons (Fsp3) is 0.667. The van der Waals surface area contributed by atoms with Gasteiger partial charge in [0.15, 0.2) is 0 Å². The quantitative estimate of drug-likeness (QED) is 0.880. The number of nitrogens with one attached hydrogen (secondary N) is 1. The maximum Gasteiger partial charge on any atom is 0.225 e. The average Bonchev–Trinajstić information content (AvgIpc) is 3.28. The summed E-state index contributed by atoms with van der Waals surface area (Å²) in [6.45, 7) is 5.57. The summed E-state index contributed by atoms with van der Waals surface area (Å²) in [6.07, 6.45) is 4.22. The number of piperidine rings is 1. The Balaban J connectivity index is 1.68. The van der Waals surface area contributed by atoms with Crippen molar-refractivity contribution in [3.8, 4) is 0 Å². The van der Waals surface area contributed by atoms with Gasteiger partial charge in [0.05, 0.1) is 0 Å². The van der Waals surface area contributed by atoms with Crippen LogP contribution in [-0.4, -0.2) is 39.9 Å². The first-order chi connectivity index (χ1) is 10.0. The third-order valence-corrected chi connectivity index (χ3v) is 4.41. The average molecular weight is 289 g/mol. The van der Waals surface area contributed by atoms with Crippen LogP contribution in [0, 0.1) is 19.8 Å². The topological polar surface area (TPSA) is 84.1 Å². The number of nitrogens with zero attached hydrogens (tertiary/aromatic N) is 3. The highest BCUT2D eigenvalue weighted by Gasteiger charge is 2.35. The molecule has 0 aromatic carbocycles. The first kappa shape index (κ1) is 14.1. The molecule has 1 aliphatic heterocycles. The summed E-state index contributed by atoms with van der Waals surface area (Å²) in [6, 6.07) is 0.244. The molecule has 2 aliphatic rings. The molecular weight excluding hydrogens is 266 g/mol. The Labute approximate surface area is 125 Å². The number of hydrogen-bond acceptors (Lipinski definition) is 5. The molecule has 1 aliphatic carbocycles. The first-order valence-corrected chi connectivity index (χ1v) is 7.70. The minimum Gasteiger partial charge on any atom is -0.368 e. The Hall–Kier alpha value is -1.85. The summed E-state index contributed by atoms with van der Waals surface area (Å²) in [5.41, 5.74) is 7.65. The van der Waals surface area contributed by atoms with Crippen LogP contribution in [0.1, 0.15) is 36.9 Å². The van der Waals surface area contributed by atoms with Gasteiger partial charge in [0.2, 0.25) is 11.9 Å². The SMILES string of the molecule is Cc1nc(N)nc(N[C@H]2CCCN(C(=O)C3CC3)C2)c1C.